The van der Waals surface area contributed by atoms with E-state index in [9.17, 15) is 4.79 Å². The van der Waals surface area contributed by atoms with Crippen molar-refractivity contribution in [3.8, 4) is 11.5 Å². The highest BCUT2D eigenvalue weighted by molar-refractivity contribution is 6.02. The zero-order valence-corrected chi connectivity index (χ0v) is 14.7. The molecular formula is C20H18N4O3. The number of amides is 1. The van der Waals surface area contributed by atoms with E-state index in [1.54, 1.807) is 0 Å². The van der Waals surface area contributed by atoms with E-state index in [0.717, 1.165) is 17.0 Å². The van der Waals surface area contributed by atoms with Crippen LogP contribution in [0.15, 0.2) is 54.9 Å². The summed E-state index contributed by atoms with van der Waals surface area (Å²) in [6.45, 7) is 3.07. The molecule has 0 spiro atoms. The molecule has 1 aliphatic heterocycles. The van der Waals surface area contributed by atoms with Gasteiger partial charge in [-0.05, 0) is 31.2 Å². The Morgan fingerprint density at radius 3 is 2.41 bits per heavy atom. The van der Waals surface area contributed by atoms with Gasteiger partial charge in [-0.25, -0.2) is 9.97 Å². The van der Waals surface area contributed by atoms with Gasteiger partial charge in [0.15, 0.2) is 11.5 Å². The standard InChI is InChI=1S/C20H18N4O3/c1-13-2-4-14(5-3-13)24-20(25)16-11-22-19(12-21-16)23-15-6-7-17-18(10-15)27-9-8-26-17/h2-7,10-12H,8-9H2,1H3,(H,22,23)(H,24,25). The summed E-state index contributed by atoms with van der Waals surface area (Å²) in [5.74, 6) is 1.63. The van der Waals surface area contributed by atoms with Crippen LogP contribution in [0.4, 0.5) is 17.2 Å². The molecule has 2 N–H and O–H groups in total. The van der Waals surface area contributed by atoms with E-state index in [2.05, 4.69) is 20.6 Å². The van der Waals surface area contributed by atoms with Crippen LogP contribution >= 0.6 is 0 Å². The Morgan fingerprint density at radius 1 is 0.926 bits per heavy atom. The number of fused-ring (bicyclic) bond motifs is 1. The molecule has 2 aromatic carbocycles. The summed E-state index contributed by atoms with van der Waals surface area (Å²) < 4.78 is 11.1. The first-order valence-electron chi connectivity index (χ1n) is 8.54. The van der Waals surface area contributed by atoms with Gasteiger partial charge in [0.2, 0.25) is 0 Å². The molecule has 0 atom stereocenters. The lowest BCUT2D eigenvalue weighted by Crippen LogP contribution is -2.15. The molecule has 0 saturated carbocycles. The summed E-state index contributed by atoms with van der Waals surface area (Å²) in [7, 11) is 0. The van der Waals surface area contributed by atoms with Crippen molar-refractivity contribution in [1.82, 2.24) is 9.97 Å². The molecule has 2 heterocycles. The van der Waals surface area contributed by atoms with E-state index in [1.165, 1.54) is 12.4 Å². The molecule has 0 bridgehead atoms. The highest BCUT2D eigenvalue weighted by Crippen LogP contribution is 2.33. The predicted molar refractivity (Wildman–Crippen MR) is 102 cm³/mol. The normalized spacial score (nSPS) is 12.3. The number of carbonyl (C=O) groups is 1. The van der Waals surface area contributed by atoms with E-state index in [1.807, 2.05) is 49.4 Å². The van der Waals surface area contributed by atoms with Crippen LogP contribution in [0.3, 0.4) is 0 Å². The molecule has 7 heteroatoms. The Kier molecular flexibility index (Phi) is 4.57. The number of hydrogen-bond acceptors (Lipinski definition) is 6. The first-order chi connectivity index (χ1) is 13.2. The van der Waals surface area contributed by atoms with E-state index < -0.39 is 0 Å². The van der Waals surface area contributed by atoms with E-state index in [4.69, 9.17) is 9.47 Å². The zero-order chi connectivity index (χ0) is 18.6. The van der Waals surface area contributed by atoms with Gasteiger partial charge in [-0.15, -0.1) is 0 Å². The first-order valence-corrected chi connectivity index (χ1v) is 8.54. The van der Waals surface area contributed by atoms with Crippen molar-refractivity contribution in [3.05, 3.63) is 66.1 Å². The number of benzene rings is 2. The van der Waals surface area contributed by atoms with Gasteiger partial charge in [0.1, 0.15) is 24.7 Å². The molecule has 3 aromatic rings. The van der Waals surface area contributed by atoms with Gasteiger partial charge in [0.05, 0.1) is 12.4 Å². The maximum absolute atomic E-state index is 12.3. The number of aryl methyl sites for hydroxylation is 1. The number of nitrogens with one attached hydrogen (secondary N) is 2. The summed E-state index contributed by atoms with van der Waals surface area (Å²) in [6.07, 6.45) is 2.95. The van der Waals surface area contributed by atoms with E-state index in [-0.39, 0.29) is 11.6 Å². The van der Waals surface area contributed by atoms with Gasteiger partial charge in [-0.2, -0.15) is 0 Å². The number of aromatic nitrogens is 2. The molecule has 27 heavy (non-hydrogen) atoms. The van der Waals surface area contributed by atoms with Crippen molar-refractivity contribution in [3.63, 3.8) is 0 Å². The lowest BCUT2D eigenvalue weighted by atomic mass is 10.2. The van der Waals surface area contributed by atoms with Crippen LogP contribution in [0.25, 0.3) is 0 Å². The second kappa shape index (κ2) is 7.33. The largest absolute Gasteiger partial charge is 0.486 e. The average molecular weight is 362 g/mol. The lowest BCUT2D eigenvalue weighted by molar-refractivity contribution is 0.102. The van der Waals surface area contributed by atoms with Gasteiger partial charge in [-0.3, -0.25) is 4.79 Å². The molecule has 1 aliphatic rings. The number of carbonyl (C=O) groups excluding carboxylic acids is 1. The van der Waals surface area contributed by atoms with Crippen LogP contribution in [-0.4, -0.2) is 29.1 Å². The SMILES string of the molecule is Cc1ccc(NC(=O)c2cnc(Nc3ccc4c(c3)OCCO4)cn2)cc1. The van der Waals surface area contributed by atoms with Crippen molar-refractivity contribution in [1.29, 1.82) is 0 Å². The fourth-order valence-electron chi connectivity index (χ4n) is 2.61. The third kappa shape index (κ3) is 3.98. The van der Waals surface area contributed by atoms with Crippen molar-refractivity contribution in [2.75, 3.05) is 23.8 Å². The molecule has 0 radical (unpaired) electrons. The second-order valence-corrected chi connectivity index (χ2v) is 6.09. The van der Waals surface area contributed by atoms with Crippen LogP contribution in [0, 0.1) is 6.92 Å². The zero-order valence-electron chi connectivity index (χ0n) is 14.7. The Hall–Kier alpha value is -3.61. The number of hydrogen-bond donors (Lipinski definition) is 2. The molecule has 1 aromatic heterocycles. The maximum atomic E-state index is 12.3. The summed E-state index contributed by atoms with van der Waals surface area (Å²) in [6, 6.07) is 13.1. The molecular weight excluding hydrogens is 344 g/mol. The van der Waals surface area contributed by atoms with Gasteiger partial charge in [-0.1, -0.05) is 17.7 Å². The minimum atomic E-state index is -0.308. The number of anilines is 3. The lowest BCUT2D eigenvalue weighted by Gasteiger charge is -2.19. The van der Waals surface area contributed by atoms with E-state index in [0.29, 0.717) is 30.5 Å². The fraction of sp³-hybridized carbons (Fsp3) is 0.150. The second-order valence-electron chi connectivity index (χ2n) is 6.09. The molecule has 0 saturated heterocycles. The predicted octanol–water partition coefficient (Wildman–Crippen LogP) is 3.55. The van der Waals surface area contributed by atoms with Crippen molar-refractivity contribution in [2.24, 2.45) is 0 Å². The minimum Gasteiger partial charge on any atom is -0.486 e. The molecule has 4 rings (SSSR count). The molecule has 0 unspecified atom stereocenters. The van der Waals surface area contributed by atoms with Crippen molar-refractivity contribution in [2.45, 2.75) is 6.92 Å². The summed E-state index contributed by atoms with van der Waals surface area (Å²) in [5.41, 5.74) is 2.88. The van der Waals surface area contributed by atoms with E-state index >= 15 is 0 Å². The van der Waals surface area contributed by atoms with Gasteiger partial charge < -0.3 is 20.1 Å². The summed E-state index contributed by atoms with van der Waals surface area (Å²) in [5, 5.41) is 5.93. The van der Waals surface area contributed by atoms with Gasteiger partial charge in [0.25, 0.3) is 5.91 Å². The topological polar surface area (TPSA) is 85.4 Å². The third-order valence-corrected chi connectivity index (χ3v) is 4.01. The van der Waals surface area contributed by atoms with Crippen LogP contribution in [0.1, 0.15) is 16.1 Å². The molecule has 0 fully saturated rings. The molecule has 7 nitrogen and oxygen atoms in total. The molecule has 136 valence electrons. The number of nitrogens with zero attached hydrogens (tertiary/aromatic N) is 2. The Bertz CT molecular complexity index is 956. The molecule has 1 amide bonds. The van der Waals surface area contributed by atoms with Crippen LogP contribution in [-0.2, 0) is 0 Å². The minimum absolute atomic E-state index is 0.239. The Balaban J connectivity index is 1.42. The third-order valence-electron chi connectivity index (χ3n) is 4.01. The highest BCUT2D eigenvalue weighted by Gasteiger charge is 2.12. The maximum Gasteiger partial charge on any atom is 0.275 e. The summed E-state index contributed by atoms with van der Waals surface area (Å²) in [4.78, 5) is 20.7. The van der Waals surface area contributed by atoms with Crippen molar-refractivity contribution >= 4 is 23.1 Å². The average Bonchev–Trinajstić information content (AvgIpc) is 2.70. The van der Waals surface area contributed by atoms with Crippen LogP contribution in [0.2, 0.25) is 0 Å². The van der Waals surface area contributed by atoms with Gasteiger partial charge in [0, 0.05) is 17.4 Å². The molecule has 0 aliphatic carbocycles. The monoisotopic (exact) mass is 362 g/mol. The highest BCUT2D eigenvalue weighted by atomic mass is 16.6. The Morgan fingerprint density at radius 2 is 1.67 bits per heavy atom. The first kappa shape index (κ1) is 16.8. The van der Waals surface area contributed by atoms with Gasteiger partial charge >= 0.3 is 0 Å². The quantitative estimate of drug-likeness (QED) is 0.738. The Labute approximate surface area is 156 Å². The van der Waals surface area contributed by atoms with Crippen LogP contribution in [0.5, 0.6) is 11.5 Å². The van der Waals surface area contributed by atoms with Crippen LogP contribution < -0.4 is 20.1 Å². The fourth-order valence-corrected chi connectivity index (χ4v) is 2.61. The summed E-state index contributed by atoms with van der Waals surface area (Å²) >= 11 is 0. The van der Waals surface area contributed by atoms with Crippen molar-refractivity contribution < 1.29 is 14.3 Å². The smallest absolute Gasteiger partial charge is 0.275 e. The number of rotatable bonds is 4. The number of ether oxygens (including phenoxy) is 2.